The van der Waals surface area contributed by atoms with Gasteiger partial charge in [0.05, 0.1) is 6.61 Å². The number of ether oxygens (including phenoxy) is 1. The highest BCUT2D eigenvalue weighted by molar-refractivity contribution is 4.87. The van der Waals surface area contributed by atoms with Gasteiger partial charge in [0.25, 0.3) is 0 Å². The summed E-state index contributed by atoms with van der Waals surface area (Å²) in [5.41, 5.74) is 0. The van der Waals surface area contributed by atoms with Gasteiger partial charge in [-0.3, -0.25) is 4.90 Å². The molecule has 1 heterocycles. The standard InChI is InChI=1S/C9H19NO/c1-7-5-9(6-11-4)10(3)8(7)2/h7-9H,5-6H2,1-4H3/t7-,8?,9-/m0/s1. The largest absolute Gasteiger partial charge is 0.383 e. The number of methoxy groups -OCH3 is 1. The zero-order valence-electron chi connectivity index (χ0n) is 8.00. The van der Waals surface area contributed by atoms with Crippen LogP contribution in [0.4, 0.5) is 0 Å². The highest BCUT2D eigenvalue weighted by Crippen LogP contribution is 2.27. The van der Waals surface area contributed by atoms with Crippen LogP contribution in [0.15, 0.2) is 0 Å². The first-order valence-corrected chi connectivity index (χ1v) is 4.37. The van der Waals surface area contributed by atoms with Crippen molar-refractivity contribution in [1.82, 2.24) is 4.90 Å². The molecule has 0 spiro atoms. The molecule has 1 aliphatic rings. The molecule has 0 aromatic rings. The maximum absolute atomic E-state index is 5.15. The Morgan fingerprint density at radius 3 is 2.45 bits per heavy atom. The Morgan fingerprint density at radius 2 is 2.09 bits per heavy atom. The van der Waals surface area contributed by atoms with Crippen LogP contribution < -0.4 is 0 Å². The van der Waals surface area contributed by atoms with Gasteiger partial charge in [-0.2, -0.15) is 0 Å². The second-order valence-corrected chi connectivity index (χ2v) is 3.73. The van der Waals surface area contributed by atoms with Crippen LogP contribution in [0.1, 0.15) is 20.3 Å². The summed E-state index contributed by atoms with van der Waals surface area (Å²) in [6.07, 6.45) is 1.28. The average Bonchev–Trinajstić information content (AvgIpc) is 2.19. The number of nitrogens with zero attached hydrogens (tertiary/aromatic N) is 1. The fourth-order valence-electron chi connectivity index (χ4n) is 1.90. The number of likely N-dealkylation sites (tertiary alicyclic amines) is 1. The molecule has 0 saturated carbocycles. The van der Waals surface area contributed by atoms with Crippen molar-refractivity contribution in [2.24, 2.45) is 5.92 Å². The van der Waals surface area contributed by atoms with E-state index in [1.165, 1.54) is 6.42 Å². The molecule has 0 N–H and O–H groups in total. The van der Waals surface area contributed by atoms with Crippen molar-refractivity contribution in [3.8, 4) is 0 Å². The third kappa shape index (κ3) is 1.74. The quantitative estimate of drug-likeness (QED) is 0.600. The van der Waals surface area contributed by atoms with E-state index in [-0.39, 0.29) is 0 Å². The van der Waals surface area contributed by atoms with E-state index < -0.39 is 0 Å². The minimum absolute atomic E-state index is 0.644. The summed E-state index contributed by atoms with van der Waals surface area (Å²) in [4.78, 5) is 2.42. The summed E-state index contributed by atoms with van der Waals surface area (Å²) in [5.74, 6) is 0.820. The second-order valence-electron chi connectivity index (χ2n) is 3.73. The number of likely N-dealkylation sites (N-methyl/N-ethyl adjacent to an activating group) is 1. The first-order chi connectivity index (χ1) is 5.16. The summed E-state index contributed by atoms with van der Waals surface area (Å²) >= 11 is 0. The molecule has 0 bridgehead atoms. The minimum atomic E-state index is 0.644. The van der Waals surface area contributed by atoms with Gasteiger partial charge in [0.15, 0.2) is 0 Å². The summed E-state index contributed by atoms with van der Waals surface area (Å²) in [7, 11) is 3.97. The average molecular weight is 157 g/mol. The van der Waals surface area contributed by atoms with Crippen LogP contribution >= 0.6 is 0 Å². The van der Waals surface area contributed by atoms with Gasteiger partial charge in [0.2, 0.25) is 0 Å². The van der Waals surface area contributed by atoms with Gasteiger partial charge < -0.3 is 4.74 Å². The molecular formula is C9H19NO. The lowest BCUT2D eigenvalue weighted by molar-refractivity contribution is 0.116. The molecule has 1 rings (SSSR count). The van der Waals surface area contributed by atoms with Gasteiger partial charge in [-0.1, -0.05) is 6.92 Å². The number of hydrogen-bond acceptors (Lipinski definition) is 2. The Kier molecular flexibility index (Phi) is 2.90. The molecule has 2 nitrogen and oxygen atoms in total. The predicted molar refractivity (Wildman–Crippen MR) is 46.7 cm³/mol. The third-order valence-electron chi connectivity index (χ3n) is 3.04. The van der Waals surface area contributed by atoms with Crippen molar-refractivity contribution in [3.63, 3.8) is 0 Å². The zero-order valence-corrected chi connectivity index (χ0v) is 8.00. The lowest BCUT2D eigenvalue weighted by Gasteiger charge is -2.22. The summed E-state index contributed by atoms with van der Waals surface area (Å²) in [6.45, 7) is 5.49. The number of hydrogen-bond donors (Lipinski definition) is 0. The van der Waals surface area contributed by atoms with Gasteiger partial charge in [-0.05, 0) is 26.3 Å². The van der Waals surface area contributed by atoms with Gasteiger partial charge in [0.1, 0.15) is 0 Å². The molecule has 0 amide bonds. The van der Waals surface area contributed by atoms with E-state index in [0.717, 1.165) is 18.6 Å². The monoisotopic (exact) mass is 157 g/mol. The normalized spacial score (nSPS) is 39.8. The van der Waals surface area contributed by atoms with E-state index in [1.54, 1.807) is 7.11 Å². The topological polar surface area (TPSA) is 12.5 Å². The molecule has 1 fully saturated rings. The first kappa shape index (κ1) is 9.01. The Hall–Kier alpha value is -0.0800. The Labute approximate surface area is 69.5 Å². The Morgan fingerprint density at radius 1 is 1.45 bits per heavy atom. The van der Waals surface area contributed by atoms with Crippen molar-refractivity contribution in [1.29, 1.82) is 0 Å². The van der Waals surface area contributed by atoms with E-state index >= 15 is 0 Å². The zero-order chi connectivity index (χ0) is 8.43. The Bertz CT molecular complexity index is 127. The van der Waals surface area contributed by atoms with E-state index in [2.05, 4.69) is 25.8 Å². The van der Waals surface area contributed by atoms with E-state index in [9.17, 15) is 0 Å². The van der Waals surface area contributed by atoms with Crippen LogP contribution in [-0.2, 0) is 4.74 Å². The predicted octanol–water partition coefficient (Wildman–Crippen LogP) is 1.36. The summed E-state index contributed by atoms with van der Waals surface area (Å²) in [5, 5.41) is 0. The highest BCUT2D eigenvalue weighted by Gasteiger charge is 2.32. The summed E-state index contributed by atoms with van der Waals surface area (Å²) in [6, 6.07) is 1.36. The lowest BCUT2D eigenvalue weighted by atomic mass is 10.0. The molecule has 0 aromatic heterocycles. The lowest BCUT2D eigenvalue weighted by Crippen LogP contribution is -2.33. The van der Waals surface area contributed by atoms with Crippen LogP contribution in [0, 0.1) is 5.92 Å². The third-order valence-corrected chi connectivity index (χ3v) is 3.04. The molecular weight excluding hydrogens is 138 g/mol. The molecule has 1 aliphatic heterocycles. The maximum atomic E-state index is 5.15. The van der Waals surface area contributed by atoms with Gasteiger partial charge in [0, 0.05) is 19.2 Å². The van der Waals surface area contributed by atoms with Crippen molar-refractivity contribution in [2.45, 2.75) is 32.4 Å². The van der Waals surface area contributed by atoms with Gasteiger partial charge >= 0.3 is 0 Å². The van der Waals surface area contributed by atoms with E-state index in [4.69, 9.17) is 4.74 Å². The minimum Gasteiger partial charge on any atom is -0.383 e. The second kappa shape index (κ2) is 3.55. The summed E-state index contributed by atoms with van der Waals surface area (Å²) < 4.78 is 5.15. The van der Waals surface area contributed by atoms with Crippen molar-refractivity contribution in [2.75, 3.05) is 20.8 Å². The molecule has 1 saturated heterocycles. The molecule has 0 aromatic carbocycles. The first-order valence-electron chi connectivity index (χ1n) is 4.37. The molecule has 66 valence electrons. The molecule has 3 atom stereocenters. The maximum Gasteiger partial charge on any atom is 0.0618 e. The molecule has 0 radical (unpaired) electrons. The SMILES string of the molecule is COC[C@@H]1C[C@H](C)C(C)N1C. The van der Waals surface area contributed by atoms with Gasteiger partial charge in [-0.15, -0.1) is 0 Å². The van der Waals surface area contributed by atoms with Crippen LogP contribution in [0.5, 0.6) is 0 Å². The van der Waals surface area contributed by atoms with Gasteiger partial charge in [-0.25, -0.2) is 0 Å². The Balaban J connectivity index is 2.45. The molecule has 1 unspecified atom stereocenters. The van der Waals surface area contributed by atoms with Crippen LogP contribution in [0.3, 0.4) is 0 Å². The highest BCUT2D eigenvalue weighted by atomic mass is 16.5. The van der Waals surface area contributed by atoms with E-state index in [1.807, 2.05) is 0 Å². The van der Waals surface area contributed by atoms with Crippen LogP contribution in [0.25, 0.3) is 0 Å². The van der Waals surface area contributed by atoms with Crippen molar-refractivity contribution < 1.29 is 4.74 Å². The van der Waals surface area contributed by atoms with E-state index in [0.29, 0.717) is 6.04 Å². The van der Waals surface area contributed by atoms with Crippen LogP contribution in [-0.4, -0.2) is 37.7 Å². The fraction of sp³-hybridized carbons (Fsp3) is 1.00. The van der Waals surface area contributed by atoms with Crippen molar-refractivity contribution in [3.05, 3.63) is 0 Å². The van der Waals surface area contributed by atoms with Crippen LogP contribution in [0.2, 0.25) is 0 Å². The number of rotatable bonds is 2. The molecule has 0 aliphatic carbocycles. The van der Waals surface area contributed by atoms with Crippen molar-refractivity contribution >= 4 is 0 Å². The molecule has 11 heavy (non-hydrogen) atoms. The smallest absolute Gasteiger partial charge is 0.0618 e. The molecule has 2 heteroatoms. The fourth-order valence-corrected chi connectivity index (χ4v) is 1.90.